The van der Waals surface area contributed by atoms with Gasteiger partial charge in [0.2, 0.25) is 0 Å². The molecule has 2 rings (SSSR count). The third-order valence-electron chi connectivity index (χ3n) is 2.71. The van der Waals surface area contributed by atoms with Gasteiger partial charge in [0.1, 0.15) is 0 Å². The van der Waals surface area contributed by atoms with E-state index in [0.717, 1.165) is 12.0 Å². The Morgan fingerprint density at radius 3 is 2.59 bits per heavy atom. The summed E-state index contributed by atoms with van der Waals surface area (Å²) >= 11 is 0. The molecule has 0 spiro atoms. The first kappa shape index (κ1) is 11.5. The summed E-state index contributed by atoms with van der Waals surface area (Å²) in [5.41, 5.74) is 2.82. The van der Waals surface area contributed by atoms with Gasteiger partial charge < -0.3 is 5.11 Å². The smallest absolute Gasteiger partial charge is 0.269 e. The van der Waals surface area contributed by atoms with Crippen LogP contribution in [0.3, 0.4) is 0 Å². The Hall–Kier alpha value is -1.94. The molecule has 1 aromatic heterocycles. The summed E-state index contributed by atoms with van der Waals surface area (Å²) in [6.07, 6.45) is 0.987. The van der Waals surface area contributed by atoms with Gasteiger partial charge in [-0.1, -0.05) is 31.2 Å². The zero-order chi connectivity index (χ0) is 12.3. The van der Waals surface area contributed by atoms with Crippen LogP contribution >= 0.6 is 0 Å². The van der Waals surface area contributed by atoms with Crippen molar-refractivity contribution in [2.24, 2.45) is 0 Å². The minimum atomic E-state index is -0.346. The van der Waals surface area contributed by atoms with Crippen molar-refractivity contribution in [1.29, 1.82) is 0 Å². The molecule has 0 amide bonds. The number of hydrogen-bond donors (Lipinski definition) is 2. The average Bonchev–Trinajstić information content (AvgIpc) is 2.39. The number of nitrogens with one attached hydrogen (secondary N) is 1. The highest BCUT2D eigenvalue weighted by Gasteiger charge is 2.04. The van der Waals surface area contributed by atoms with Crippen LogP contribution < -0.4 is 5.56 Å². The van der Waals surface area contributed by atoms with Gasteiger partial charge in [0.05, 0.1) is 12.3 Å². The number of rotatable bonds is 3. The molecule has 2 N–H and O–H groups in total. The van der Waals surface area contributed by atoms with Gasteiger partial charge in [0.25, 0.3) is 5.56 Å². The molecule has 2 aromatic rings. The summed E-state index contributed by atoms with van der Waals surface area (Å²) < 4.78 is 0. The number of aliphatic hydroxyl groups is 1. The van der Waals surface area contributed by atoms with Crippen molar-refractivity contribution >= 4 is 0 Å². The molecule has 0 fully saturated rings. The standard InChI is InChI=1S/C13H14N2O2/c1-2-9-3-5-10(6-4-9)12-7-11(8-16)13(17)15-14-12/h3-7,16H,2,8H2,1H3,(H,15,17). The highest BCUT2D eigenvalue weighted by molar-refractivity contribution is 5.59. The van der Waals surface area contributed by atoms with Gasteiger partial charge in [-0.25, -0.2) is 5.10 Å². The Kier molecular flexibility index (Phi) is 3.35. The molecule has 0 aliphatic heterocycles. The molecule has 0 aliphatic rings. The number of aryl methyl sites for hydroxylation is 1. The number of hydrogen-bond acceptors (Lipinski definition) is 3. The fraction of sp³-hybridized carbons (Fsp3) is 0.231. The van der Waals surface area contributed by atoms with Gasteiger partial charge in [-0.05, 0) is 18.1 Å². The van der Waals surface area contributed by atoms with Gasteiger partial charge in [0, 0.05) is 11.1 Å². The molecule has 0 aliphatic carbocycles. The van der Waals surface area contributed by atoms with E-state index in [-0.39, 0.29) is 12.2 Å². The first-order valence-corrected chi connectivity index (χ1v) is 5.53. The molecule has 17 heavy (non-hydrogen) atoms. The third-order valence-corrected chi connectivity index (χ3v) is 2.71. The molecule has 0 saturated heterocycles. The average molecular weight is 230 g/mol. The minimum Gasteiger partial charge on any atom is -0.391 e. The van der Waals surface area contributed by atoms with E-state index in [1.807, 2.05) is 24.3 Å². The zero-order valence-corrected chi connectivity index (χ0v) is 9.60. The van der Waals surface area contributed by atoms with Crippen molar-refractivity contribution in [3.8, 4) is 11.3 Å². The second-order valence-electron chi connectivity index (χ2n) is 3.82. The molecule has 4 heteroatoms. The van der Waals surface area contributed by atoms with Crippen LogP contribution in [0.1, 0.15) is 18.1 Å². The maximum absolute atomic E-state index is 11.3. The summed E-state index contributed by atoms with van der Waals surface area (Å²) in [5, 5.41) is 15.4. The molecule has 0 unspecified atom stereocenters. The molecule has 1 heterocycles. The number of benzene rings is 1. The third kappa shape index (κ3) is 2.42. The summed E-state index contributed by atoms with van der Waals surface area (Å²) in [6, 6.07) is 9.59. The lowest BCUT2D eigenvalue weighted by atomic mass is 10.1. The molecule has 88 valence electrons. The van der Waals surface area contributed by atoms with Gasteiger partial charge in [-0.3, -0.25) is 4.79 Å². The zero-order valence-electron chi connectivity index (χ0n) is 9.60. The highest BCUT2D eigenvalue weighted by atomic mass is 16.3. The molecule has 0 atom stereocenters. The first-order valence-electron chi connectivity index (χ1n) is 5.53. The largest absolute Gasteiger partial charge is 0.391 e. The van der Waals surface area contributed by atoms with Crippen LogP contribution in [-0.2, 0) is 13.0 Å². The molecule has 0 bridgehead atoms. The highest BCUT2D eigenvalue weighted by Crippen LogP contribution is 2.17. The minimum absolute atomic E-state index is 0.280. The van der Waals surface area contributed by atoms with E-state index in [0.29, 0.717) is 11.3 Å². The predicted molar refractivity (Wildman–Crippen MR) is 65.6 cm³/mol. The summed E-state index contributed by atoms with van der Waals surface area (Å²) in [7, 11) is 0. The molecular weight excluding hydrogens is 216 g/mol. The summed E-state index contributed by atoms with van der Waals surface area (Å²) in [4.78, 5) is 11.3. The van der Waals surface area contributed by atoms with Crippen LogP contribution in [0.2, 0.25) is 0 Å². The fourth-order valence-electron chi connectivity index (χ4n) is 1.62. The van der Waals surface area contributed by atoms with E-state index in [9.17, 15) is 4.79 Å². The van der Waals surface area contributed by atoms with Crippen LogP contribution in [0, 0.1) is 0 Å². The normalized spacial score (nSPS) is 10.5. The van der Waals surface area contributed by atoms with Gasteiger partial charge >= 0.3 is 0 Å². The SMILES string of the molecule is CCc1ccc(-c2cc(CO)c(=O)[nH]n2)cc1. The van der Waals surface area contributed by atoms with Gasteiger partial charge in [-0.15, -0.1) is 0 Å². The number of aromatic nitrogens is 2. The van der Waals surface area contributed by atoms with Crippen molar-refractivity contribution in [2.45, 2.75) is 20.0 Å². The van der Waals surface area contributed by atoms with Crippen LogP contribution in [0.4, 0.5) is 0 Å². The van der Waals surface area contributed by atoms with E-state index in [1.165, 1.54) is 5.56 Å². The number of nitrogens with zero attached hydrogens (tertiary/aromatic N) is 1. The number of H-pyrrole nitrogens is 1. The molecule has 0 saturated carbocycles. The van der Waals surface area contributed by atoms with Crippen LogP contribution in [-0.4, -0.2) is 15.3 Å². The lowest BCUT2D eigenvalue weighted by molar-refractivity contribution is 0.280. The molecular formula is C13H14N2O2. The van der Waals surface area contributed by atoms with Crippen LogP contribution in [0.15, 0.2) is 35.1 Å². The summed E-state index contributed by atoms with van der Waals surface area (Å²) in [5.74, 6) is 0. The monoisotopic (exact) mass is 230 g/mol. The maximum Gasteiger partial charge on any atom is 0.269 e. The lowest BCUT2D eigenvalue weighted by Crippen LogP contribution is -2.14. The predicted octanol–water partition coefficient (Wildman–Crippen LogP) is 1.49. The summed E-state index contributed by atoms with van der Waals surface area (Å²) in [6.45, 7) is 1.81. The van der Waals surface area contributed by atoms with Crippen molar-refractivity contribution in [1.82, 2.24) is 10.2 Å². The first-order chi connectivity index (χ1) is 8.24. The van der Waals surface area contributed by atoms with E-state index >= 15 is 0 Å². The van der Waals surface area contributed by atoms with Crippen molar-refractivity contribution in [3.05, 3.63) is 51.8 Å². The van der Waals surface area contributed by atoms with E-state index < -0.39 is 0 Å². The van der Waals surface area contributed by atoms with Crippen LogP contribution in [0.25, 0.3) is 11.3 Å². The van der Waals surface area contributed by atoms with Gasteiger partial charge in [0.15, 0.2) is 0 Å². The van der Waals surface area contributed by atoms with E-state index in [4.69, 9.17) is 5.11 Å². The van der Waals surface area contributed by atoms with E-state index in [1.54, 1.807) is 6.07 Å². The second-order valence-corrected chi connectivity index (χ2v) is 3.82. The lowest BCUT2D eigenvalue weighted by Gasteiger charge is -2.03. The molecule has 4 nitrogen and oxygen atoms in total. The van der Waals surface area contributed by atoms with Gasteiger partial charge in [-0.2, -0.15) is 5.10 Å². The quantitative estimate of drug-likeness (QED) is 0.839. The van der Waals surface area contributed by atoms with Crippen molar-refractivity contribution in [3.63, 3.8) is 0 Å². The molecule has 0 radical (unpaired) electrons. The Morgan fingerprint density at radius 2 is 2.00 bits per heavy atom. The fourth-order valence-corrected chi connectivity index (χ4v) is 1.62. The number of aliphatic hydroxyl groups excluding tert-OH is 1. The Labute approximate surface area is 98.9 Å². The Morgan fingerprint density at radius 1 is 1.29 bits per heavy atom. The van der Waals surface area contributed by atoms with Crippen LogP contribution in [0.5, 0.6) is 0 Å². The van der Waals surface area contributed by atoms with Crippen molar-refractivity contribution in [2.75, 3.05) is 0 Å². The maximum atomic E-state index is 11.3. The number of aromatic amines is 1. The Balaban J connectivity index is 2.42. The van der Waals surface area contributed by atoms with E-state index in [2.05, 4.69) is 17.1 Å². The van der Waals surface area contributed by atoms with Crippen molar-refractivity contribution < 1.29 is 5.11 Å². The topological polar surface area (TPSA) is 66.0 Å². The second kappa shape index (κ2) is 4.93. The Bertz CT molecular complexity index is 558. The molecule has 1 aromatic carbocycles.